The Labute approximate surface area is 184 Å². The van der Waals surface area contributed by atoms with E-state index in [0.29, 0.717) is 13.1 Å². The zero-order chi connectivity index (χ0) is 23.5. The van der Waals surface area contributed by atoms with Crippen molar-refractivity contribution < 1.29 is 27.7 Å². The lowest BCUT2D eigenvalue weighted by atomic mass is 10.2. The molecular weight excluding hydrogens is 440 g/mol. The van der Waals surface area contributed by atoms with Gasteiger partial charge in [-0.05, 0) is 24.3 Å². The van der Waals surface area contributed by atoms with Crippen molar-refractivity contribution in [3.63, 3.8) is 0 Å². The summed E-state index contributed by atoms with van der Waals surface area (Å²) in [6.45, 7) is 2.37. The first-order chi connectivity index (χ1) is 15.1. The monoisotopic (exact) mass is 462 g/mol. The molecule has 0 aliphatic carbocycles. The maximum absolute atomic E-state index is 13.0. The minimum Gasteiger partial charge on any atom is -0.494 e. The maximum atomic E-state index is 13.0. The molecule has 11 nitrogen and oxygen atoms in total. The van der Waals surface area contributed by atoms with Gasteiger partial charge in [-0.3, -0.25) is 19.7 Å². The lowest BCUT2D eigenvalue weighted by Gasteiger charge is -2.33. The molecule has 0 unspecified atom stereocenters. The molecule has 0 saturated carbocycles. The SMILES string of the molecule is COc1cc([N+](=O)[O-])ccc1NC(=O)c1cccc(S(=O)(=O)N2CCN(C(C)=O)CC2)c1. The van der Waals surface area contributed by atoms with E-state index in [-0.39, 0.29) is 46.6 Å². The van der Waals surface area contributed by atoms with Crippen molar-refractivity contribution in [3.05, 3.63) is 58.1 Å². The van der Waals surface area contributed by atoms with E-state index in [1.807, 2.05) is 0 Å². The summed E-state index contributed by atoms with van der Waals surface area (Å²) in [5, 5.41) is 13.5. The molecule has 32 heavy (non-hydrogen) atoms. The average Bonchev–Trinajstić information content (AvgIpc) is 2.79. The third kappa shape index (κ3) is 4.86. The zero-order valence-corrected chi connectivity index (χ0v) is 18.3. The molecule has 0 atom stereocenters. The molecule has 12 heteroatoms. The third-order valence-electron chi connectivity index (χ3n) is 5.06. The Hall–Kier alpha value is -3.51. The molecule has 2 aromatic carbocycles. The normalized spacial score (nSPS) is 14.6. The Morgan fingerprint density at radius 3 is 2.38 bits per heavy atom. The number of piperazine rings is 1. The smallest absolute Gasteiger partial charge is 0.273 e. The molecule has 0 radical (unpaired) electrons. The van der Waals surface area contributed by atoms with Gasteiger partial charge in [0.15, 0.2) is 0 Å². The number of nitro groups is 1. The minimum absolute atomic E-state index is 0.0444. The number of nitrogens with one attached hydrogen (secondary N) is 1. The Morgan fingerprint density at radius 1 is 1.09 bits per heavy atom. The van der Waals surface area contributed by atoms with Gasteiger partial charge in [0.25, 0.3) is 11.6 Å². The van der Waals surface area contributed by atoms with E-state index >= 15 is 0 Å². The second kappa shape index (κ2) is 9.32. The van der Waals surface area contributed by atoms with Crippen molar-refractivity contribution in [1.29, 1.82) is 0 Å². The number of nitrogens with zero attached hydrogens (tertiary/aromatic N) is 3. The molecule has 0 spiro atoms. The van der Waals surface area contributed by atoms with Gasteiger partial charge in [-0.25, -0.2) is 8.42 Å². The van der Waals surface area contributed by atoms with E-state index in [9.17, 15) is 28.1 Å². The van der Waals surface area contributed by atoms with Gasteiger partial charge in [-0.1, -0.05) is 6.07 Å². The van der Waals surface area contributed by atoms with Gasteiger partial charge in [0.05, 0.1) is 28.7 Å². The highest BCUT2D eigenvalue weighted by Crippen LogP contribution is 2.29. The fraction of sp³-hybridized carbons (Fsp3) is 0.300. The van der Waals surface area contributed by atoms with Crippen LogP contribution in [0, 0.1) is 10.1 Å². The summed E-state index contributed by atoms with van der Waals surface area (Å²) in [5.41, 5.74) is 0.100. The first kappa shape index (κ1) is 23.2. The lowest BCUT2D eigenvalue weighted by molar-refractivity contribution is -0.384. The van der Waals surface area contributed by atoms with Crippen LogP contribution >= 0.6 is 0 Å². The number of carbonyl (C=O) groups excluding carboxylic acids is 2. The highest BCUT2D eigenvalue weighted by Gasteiger charge is 2.29. The summed E-state index contributed by atoms with van der Waals surface area (Å²) in [5.74, 6) is -0.613. The molecule has 1 saturated heterocycles. The van der Waals surface area contributed by atoms with Crippen LogP contribution in [0.2, 0.25) is 0 Å². The summed E-state index contributed by atoms with van der Waals surface area (Å²) in [4.78, 5) is 36.1. The topological polar surface area (TPSA) is 139 Å². The largest absolute Gasteiger partial charge is 0.494 e. The van der Waals surface area contributed by atoms with Crippen molar-refractivity contribution in [2.45, 2.75) is 11.8 Å². The summed E-state index contributed by atoms with van der Waals surface area (Å²) < 4.78 is 32.4. The van der Waals surface area contributed by atoms with Crippen LogP contribution in [-0.4, -0.2) is 67.6 Å². The number of rotatable bonds is 6. The van der Waals surface area contributed by atoms with Gasteiger partial charge in [-0.15, -0.1) is 0 Å². The Morgan fingerprint density at radius 2 is 1.78 bits per heavy atom. The summed E-state index contributed by atoms with van der Waals surface area (Å²) >= 11 is 0. The van der Waals surface area contributed by atoms with Crippen molar-refractivity contribution in [2.24, 2.45) is 0 Å². The molecule has 170 valence electrons. The maximum Gasteiger partial charge on any atom is 0.273 e. The van der Waals surface area contributed by atoms with Crippen LogP contribution in [0.1, 0.15) is 17.3 Å². The standard InChI is InChI=1S/C20H22N4O7S/c1-14(25)22-8-10-23(11-9-22)32(29,30)17-5-3-4-15(12-17)20(26)21-18-7-6-16(24(27)28)13-19(18)31-2/h3-7,12-13H,8-11H2,1-2H3,(H,21,26). The number of non-ortho nitro benzene ring substituents is 1. The van der Waals surface area contributed by atoms with E-state index in [2.05, 4.69) is 5.32 Å². The molecule has 2 aromatic rings. The van der Waals surface area contributed by atoms with E-state index < -0.39 is 20.9 Å². The van der Waals surface area contributed by atoms with Crippen molar-refractivity contribution in [2.75, 3.05) is 38.6 Å². The quantitative estimate of drug-likeness (QED) is 0.509. The molecule has 0 aromatic heterocycles. The van der Waals surface area contributed by atoms with Gasteiger partial charge in [-0.2, -0.15) is 4.31 Å². The predicted octanol–water partition coefficient (Wildman–Crippen LogP) is 1.71. The van der Waals surface area contributed by atoms with Crippen LogP contribution in [-0.2, 0) is 14.8 Å². The molecule has 1 aliphatic rings. The zero-order valence-electron chi connectivity index (χ0n) is 17.5. The predicted molar refractivity (Wildman–Crippen MR) is 115 cm³/mol. The number of carbonyl (C=O) groups is 2. The molecular formula is C20H22N4O7S. The summed E-state index contributed by atoms with van der Waals surface area (Å²) in [6.07, 6.45) is 0. The van der Waals surface area contributed by atoms with E-state index in [1.54, 1.807) is 4.90 Å². The number of hydrogen-bond donors (Lipinski definition) is 1. The molecule has 3 rings (SSSR count). The fourth-order valence-electron chi connectivity index (χ4n) is 3.28. The van der Waals surface area contributed by atoms with E-state index in [0.717, 1.165) is 0 Å². The van der Waals surface area contributed by atoms with Gasteiger partial charge in [0.2, 0.25) is 15.9 Å². The Kier molecular flexibility index (Phi) is 6.75. The van der Waals surface area contributed by atoms with Crippen LogP contribution in [0.25, 0.3) is 0 Å². The fourth-order valence-corrected chi connectivity index (χ4v) is 4.75. The van der Waals surface area contributed by atoms with Crippen LogP contribution in [0.4, 0.5) is 11.4 Å². The molecule has 1 aliphatic heterocycles. The summed E-state index contributed by atoms with van der Waals surface area (Å²) in [7, 11) is -2.54. The van der Waals surface area contributed by atoms with Crippen molar-refractivity contribution >= 4 is 33.2 Å². The molecule has 2 amide bonds. The first-order valence-corrected chi connectivity index (χ1v) is 11.1. The van der Waals surface area contributed by atoms with Crippen LogP contribution in [0.3, 0.4) is 0 Å². The average molecular weight is 462 g/mol. The number of nitro benzene ring substituents is 1. The number of amides is 2. The highest BCUT2D eigenvalue weighted by molar-refractivity contribution is 7.89. The molecule has 0 bridgehead atoms. The number of ether oxygens (including phenoxy) is 1. The van der Waals surface area contributed by atoms with Crippen LogP contribution < -0.4 is 10.1 Å². The van der Waals surface area contributed by atoms with Crippen molar-refractivity contribution in [3.8, 4) is 5.75 Å². The molecule has 1 heterocycles. The van der Waals surface area contributed by atoms with Crippen LogP contribution in [0.5, 0.6) is 5.75 Å². The van der Waals surface area contributed by atoms with Gasteiger partial charge >= 0.3 is 0 Å². The number of benzene rings is 2. The number of sulfonamides is 1. The first-order valence-electron chi connectivity index (χ1n) is 9.63. The van der Waals surface area contributed by atoms with Crippen LogP contribution in [0.15, 0.2) is 47.4 Å². The number of hydrogen-bond acceptors (Lipinski definition) is 7. The second-order valence-corrected chi connectivity index (χ2v) is 8.97. The van der Waals surface area contributed by atoms with Gasteiger partial charge in [0.1, 0.15) is 5.75 Å². The van der Waals surface area contributed by atoms with E-state index in [4.69, 9.17) is 4.74 Å². The van der Waals surface area contributed by atoms with E-state index in [1.165, 1.54) is 60.8 Å². The highest BCUT2D eigenvalue weighted by atomic mass is 32.2. The molecule has 1 N–H and O–H groups in total. The second-order valence-electron chi connectivity index (χ2n) is 7.03. The Bertz CT molecular complexity index is 1160. The van der Waals surface area contributed by atoms with Gasteiger partial charge in [0, 0.05) is 44.7 Å². The van der Waals surface area contributed by atoms with Gasteiger partial charge < -0.3 is 15.0 Å². The lowest BCUT2D eigenvalue weighted by Crippen LogP contribution is -2.49. The van der Waals surface area contributed by atoms with Crippen molar-refractivity contribution in [1.82, 2.24) is 9.21 Å². The number of anilines is 1. The molecule has 1 fully saturated rings. The third-order valence-corrected chi connectivity index (χ3v) is 6.96. The minimum atomic E-state index is -3.85. The summed E-state index contributed by atoms with van der Waals surface area (Å²) in [6, 6.07) is 9.32. The number of methoxy groups -OCH3 is 1. The Balaban J connectivity index is 1.79.